The Labute approximate surface area is 137 Å². The molecule has 0 bridgehead atoms. The third kappa shape index (κ3) is 2.43. The third-order valence-electron chi connectivity index (χ3n) is 5.41. The minimum atomic E-state index is 0.0427. The quantitative estimate of drug-likeness (QED) is 0.792. The number of carbonyl (C=O) groups is 1. The summed E-state index contributed by atoms with van der Waals surface area (Å²) < 4.78 is 0. The van der Waals surface area contributed by atoms with E-state index in [1.807, 2.05) is 6.07 Å². The van der Waals surface area contributed by atoms with Crippen molar-refractivity contribution in [3.05, 3.63) is 47.0 Å². The molecular formula is C20H23NO2. The highest BCUT2D eigenvalue weighted by Gasteiger charge is 2.32. The van der Waals surface area contributed by atoms with Crippen LogP contribution in [0.5, 0.6) is 0 Å². The van der Waals surface area contributed by atoms with Crippen LogP contribution in [0.2, 0.25) is 0 Å². The van der Waals surface area contributed by atoms with Gasteiger partial charge in [0.2, 0.25) is 0 Å². The summed E-state index contributed by atoms with van der Waals surface area (Å²) in [6.07, 6.45) is 7.75. The van der Waals surface area contributed by atoms with Crippen molar-refractivity contribution in [3.8, 4) is 0 Å². The molecular weight excluding hydrogens is 286 g/mol. The van der Waals surface area contributed by atoms with Crippen LogP contribution in [0.3, 0.4) is 0 Å². The molecule has 0 spiro atoms. The van der Waals surface area contributed by atoms with Crippen LogP contribution in [-0.4, -0.2) is 24.1 Å². The van der Waals surface area contributed by atoms with Gasteiger partial charge in [0, 0.05) is 5.56 Å². The van der Waals surface area contributed by atoms with Gasteiger partial charge in [0.05, 0.1) is 13.2 Å². The second-order valence-electron chi connectivity index (χ2n) is 6.71. The number of carbonyl (C=O) groups excluding carboxylic acids is 1. The molecule has 0 saturated heterocycles. The van der Waals surface area contributed by atoms with E-state index in [0.29, 0.717) is 0 Å². The number of nitrogens with zero attached hydrogens (tertiary/aromatic N) is 1. The molecule has 3 nitrogen and oxygen atoms in total. The fraction of sp³-hybridized carbons (Fsp3) is 0.450. The first-order valence-electron chi connectivity index (χ1n) is 8.71. The maximum atomic E-state index is 13.1. The molecule has 0 unspecified atom stereocenters. The molecule has 0 aliphatic heterocycles. The molecule has 0 aromatic heterocycles. The van der Waals surface area contributed by atoms with Crippen LogP contribution in [-0.2, 0) is 17.7 Å². The highest BCUT2D eigenvalue weighted by Crippen LogP contribution is 2.34. The lowest BCUT2D eigenvalue weighted by Crippen LogP contribution is -2.43. The van der Waals surface area contributed by atoms with Gasteiger partial charge in [-0.3, -0.25) is 9.63 Å². The van der Waals surface area contributed by atoms with E-state index in [4.69, 9.17) is 4.84 Å². The highest BCUT2D eigenvalue weighted by atomic mass is 16.7. The van der Waals surface area contributed by atoms with Gasteiger partial charge in [-0.2, -0.15) is 0 Å². The zero-order chi connectivity index (χ0) is 15.8. The SMILES string of the molecule is CON(C(=O)c1cc2ccccc2c2c1CCCC2)C1CCC1. The minimum absolute atomic E-state index is 0.0427. The summed E-state index contributed by atoms with van der Waals surface area (Å²) in [5.41, 5.74) is 3.48. The summed E-state index contributed by atoms with van der Waals surface area (Å²) in [5.74, 6) is 0.0427. The third-order valence-corrected chi connectivity index (χ3v) is 5.41. The van der Waals surface area contributed by atoms with E-state index < -0.39 is 0 Å². The molecule has 4 rings (SSSR count). The fourth-order valence-electron chi connectivity index (χ4n) is 3.97. The molecule has 3 heteroatoms. The van der Waals surface area contributed by atoms with Crippen LogP contribution >= 0.6 is 0 Å². The number of amides is 1. The van der Waals surface area contributed by atoms with E-state index in [1.165, 1.54) is 41.2 Å². The molecule has 23 heavy (non-hydrogen) atoms. The Bertz CT molecular complexity index is 749. The molecule has 120 valence electrons. The van der Waals surface area contributed by atoms with Gasteiger partial charge in [-0.1, -0.05) is 24.3 Å². The van der Waals surface area contributed by atoms with Gasteiger partial charge in [-0.05, 0) is 72.9 Å². The van der Waals surface area contributed by atoms with Gasteiger partial charge in [-0.15, -0.1) is 0 Å². The standard InChI is InChI=1S/C20H23NO2/c1-23-21(15-8-6-9-15)20(22)19-13-14-7-2-3-10-16(14)17-11-4-5-12-18(17)19/h2-3,7,10,13,15H,4-6,8-9,11-12H2,1H3. The van der Waals surface area contributed by atoms with Crippen molar-refractivity contribution >= 4 is 16.7 Å². The van der Waals surface area contributed by atoms with E-state index in [0.717, 1.165) is 31.2 Å². The van der Waals surface area contributed by atoms with Crippen molar-refractivity contribution in [1.29, 1.82) is 0 Å². The molecule has 2 aromatic rings. The summed E-state index contributed by atoms with van der Waals surface area (Å²) in [4.78, 5) is 18.6. The van der Waals surface area contributed by atoms with Gasteiger partial charge < -0.3 is 0 Å². The first-order valence-corrected chi connectivity index (χ1v) is 8.71. The molecule has 0 N–H and O–H groups in total. The second kappa shape index (κ2) is 5.97. The molecule has 1 amide bonds. The first kappa shape index (κ1) is 14.7. The fourth-order valence-corrected chi connectivity index (χ4v) is 3.97. The predicted octanol–water partition coefficient (Wildman–Crippen LogP) is 4.27. The first-order chi connectivity index (χ1) is 11.3. The van der Waals surface area contributed by atoms with Gasteiger partial charge in [0.25, 0.3) is 5.91 Å². The van der Waals surface area contributed by atoms with Crippen molar-refractivity contribution in [2.24, 2.45) is 0 Å². The summed E-state index contributed by atoms with van der Waals surface area (Å²) in [7, 11) is 1.61. The van der Waals surface area contributed by atoms with Crippen molar-refractivity contribution in [3.63, 3.8) is 0 Å². The maximum absolute atomic E-state index is 13.1. The Hall–Kier alpha value is -1.87. The van der Waals surface area contributed by atoms with Gasteiger partial charge in [0.1, 0.15) is 0 Å². The van der Waals surface area contributed by atoms with E-state index in [9.17, 15) is 4.79 Å². The van der Waals surface area contributed by atoms with Gasteiger partial charge in [-0.25, -0.2) is 5.06 Å². The van der Waals surface area contributed by atoms with Crippen LogP contribution in [0, 0.1) is 0 Å². The van der Waals surface area contributed by atoms with Crippen molar-refractivity contribution in [2.45, 2.75) is 51.0 Å². The number of rotatable bonds is 3. The van der Waals surface area contributed by atoms with Crippen LogP contribution in [0.25, 0.3) is 10.8 Å². The molecule has 2 aromatic carbocycles. The lowest BCUT2D eigenvalue weighted by atomic mass is 9.83. The number of aryl methyl sites for hydroxylation is 1. The Kier molecular flexibility index (Phi) is 3.82. The zero-order valence-corrected chi connectivity index (χ0v) is 13.7. The number of fused-ring (bicyclic) bond motifs is 3. The minimum Gasteiger partial charge on any atom is -0.274 e. The molecule has 2 aliphatic rings. The average Bonchev–Trinajstić information content (AvgIpc) is 2.56. The Morgan fingerprint density at radius 1 is 1.09 bits per heavy atom. The van der Waals surface area contributed by atoms with Crippen LogP contribution in [0.15, 0.2) is 30.3 Å². The number of hydroxylamine groups is 2. The molecule has 0 heterocycles. The monoisotopic (exact) mass is 309 g/mol. The van der Waals surface area contributed by atoms with Gasteiger partial charge in [0.15, 0.2) is 0 Å². The van der Waals surface area contributed by atoms with E-state index in [1.54, 1.807) is 12.2 Å². The summed E-state index contributed by atoms with van der Waals surface area (Å²) in [6.45, 7) is 0. The number of benzene rings is 2. The van der Waals surface area contributed by atoms with E-state index in [-0.39, 0.29) is 11.9 Å². The zero-order valence-electron chi connectivity index (χ0n) is 13.7. The summed E-state index contributed by atoms with van der Waals surface area (Å²) in [6, 6.07) is 10.8. The molecule has 2 aliphatic carbocycles. The smallest absolute Gasteiger partial charge is 0.274 e. The lowest BCUT2D eigenvalue weighted by molar-refractivity contribution is -0.139. The Morgan fingerprint density at radius 3 is 2.52 bits per heavy atom. The van der Waals surface area contributed by atoms with Crippen molar-refractivity contribution in [1.82, 2.24) is 5.06 Å². The van der Waals surface area contributed by atoms with Crippen molar-refractivity contribution in [2.75, 3.05) is 7.11 Å². The molecule has 1 fully saturated rings. The second-order valence-corrected chi connectivity index (χ2v) is 6.71. The van der Waals surface area contributed by atoms with E-state index in [2.05, 4.69) is 24.3 Å². The van der Waals surface area contributed by atoms with Crippen LogP contribution in [0.4, 0.5) is 0 Å². The largest absolute Gasteiger partial charge is 0.277 e. The normalized spacial score (nSPS) is 17.6. The van der Waals surface area contributed by atoms with Crippen LogP contribution < -0.4 is 0 Å². The maximum Gasteiger partial charge on any atom is 0.277 e. The molecule has 0 atom stereocenters. The van der Waals surface area contributed by atoms with Crippen LogP contribution in [0.1, 0.15) is 53.6 Å². The van der Waals surface area contributed by atoms with E-state index >= 15 is 0 Å². The highest BCUT2D eigenvalue weighted by molar-refractivity contribution is 6.01. The number of hydrogen-bond donors (Lipinski definition) is 0. The average molecular weight is 309 g/mol. The number of hydrogen-bond acceptors (Lipinski definition) is 2. The van der Waals surface area contributed by atoms with Gasteiger partial charge >= 0.3 is 0 Å². The van der Waals surface area contributed by atoms with Crippen molar-refractivity contribution < 1.29 is 9.63 Å². The Morgan fingerprint density at radius 2 is 1.83 bits per heavy atom. The topological polar surface area (TPSA) is 29.5 Å². The molecule has 1 saturated carbocycles. The lowest BCUT2D eigenvalue weighted by Gasteiger charge is -2.36. The Balaban J connectivity index is 1.84. The predicted molar refractivity (Wildman–Crippen MR) is 91.4 cm³/mol. The summed E-state index contributed by atoms with van der Waals surface area (Å²) in [5, 5.41) is 4.09. The molecule has 0 radical (unpaired) electrons. The summed E-state index contributed by atoms with van der Waals surface area (Å²) >= 11 is 0.